The fraction of sp³-hybridized carbons (Fsp3) is 0.333. The molecule has 0 saturated heterocycles. The molecule has 14 heavy (non-hydrogen) atoms. The van der Waals surface area contributed by atoms with Gasteiger partial charge in [-0.25, -0.2) is 0 Å². The Kier molecular flexibility index (Phi) is 1.91. The van der Waals surface area contributed by atoms with Gasteiger partial charge in [-0.3, -0.25) is 0 Å². The summed E-state index contributed by atoms with van der Waals surface area (Å²) in [4.78, 5) is 0. The Hall–Kier alpha value is -0.760. The lowest BCUT2D eigenvalue weighted by Gasteiger charge is -2.08. The van der Waals surface area contributed by atoms with Crippen molar-refractivity contribution in [3.63, 3.8) is 0 Å². The van der Waals surface area contributed by atoms with Crippen molar-refractivity contribution < 1.29 is 4.42 Å². The Morgan fingerprint density at radius 1 is 1.14 bits per heavy atom. The Labute approximate surface area is 91.2 Å². The quantitative estimate of drug-likeness (QED) is 0.687. The number of aryl methyl sites for hydroxylation is 2. The SMILES string of the molecule is Brc1cccc2c3c(oc12)CCCC3. The summed E-state index contributed by atoms with van der Waals surface area (Å²) in [6.07, 6.45) is 4.85. The molecule has 2 aromatic rings. The van der Waals surface area contributed by atoms with Gasteiger partial charge >= 0.3 is 0 Å². The molecule has 1 aromatic heterocycles. The van der Waals surface area contributed by atoms with E-state index in [1.807, 2.05) is 6.07 Å². The average Bonchev–Trinajstić information content (AvgIpc) is 2.59. The van der Waals surface area contributed by atoms with Gasteiger partial charge in [-0.05, 0) is 41.3 Å². The van der Waals surface area contributed by atoms with E-state index in [9.17, 15) is 0 Å². The molecule has 1 nitrogen and oxygen atoms in total. The van der Waals surface area contributed by atoms with E-state index in [-0.39, 0.29) is 0 Å². The fourth-order valence-electron chi connectivity index (χ4n) is 2.25. The third-order valence-corrected chi connectivity index (χ3v) is 3.56. The molecule has 3 rings (SSSR count). The second kappa shape index (κ2) is 3.13. The molecule has 2 heteroatoms. The number of para-hydroxylation sites is 1. The second-order valence-corrected chi connectivity index (χ2v) is 4.68. The average molecular weight is 251 g/mol. The zero-order valence-corrected chi connectivity index (χ0v) is 9.43. The van der Waals surface area contributed by atoms with E-state index in [1.165, 1.54) is 36.0 Å². The lowest BCUT2D eigenvalue weighted by Crippen LogP contribution is -1.98. The van der Waals surface area contributed by atoms with Crippen LogP contribution in [0.5, 0.6) is 0 Å². The first-order valence-electron chi connectivity index (χ1n) is 5.05. The highest BCUT2D eigenvalue weighted by Crippen LogP contribution is 2.35. The topological polar surface area (TPSA) is 13.1 Å². The van der Waals surface area contributed by atoms with Crippen LogP contribution in [0.4, 0.5) is 0 Å². The number of benzene rings is 1. The van der Waals surface area contributed by atoms with Crippen LogP contribution in [0.3, 0.4) is 0 Å². The number of fused-ring (bicyclic) bond motifs is 3. The first kappa shape index (κ1) is 8.54. The van der Waals surface area contributed by atoms with Crippen molar-refractivity contribution in [2.24, 2.45) is 0 Å². The highest BCUT2D eigenvalue weighted by Gasteiger charge is 2.18. The molecule has 0 unspecified atom stereocenters. The van der Waals surface area contributed by atoms with E-state index in [4.69, 9.17) is 4.42 Å². The van der Waals surface area contributed by atoms with Gasteiger partial charge in [-0.1, -0.05) is 12.1 Å². The molecule has 0 aliphatic heterocycles. The van der Waals surface area contributed by atoms with Gasteiger partial charge in [0.05, 0.1) is 4.47 Å². The third kappa shape index (κ3) is 1.13. The molecule has 1 heterocycles. The summed E-state index contributed by atoms with van der Waals surface area (Å²) >= 11 is 3.53. The van der Waals surface area contributed by atoms with Crippen molar-refractivity contribution in [1.82, 2.24) is 0 Å². The van der Waals surface area contributed by atoms with Crippen LogP contribution in [-0.4, -0.2) is 0 Å². The summed E-state index contributed by atoms with van der Waals surface area (Å²) in [6.45, 7) is 0. The maximum Gasteiger partial charge on any atom is 0.148 e. The molecular formula is C12H11BrO. The van der Waals surface area contributed by atoms with Crippen LogP contribution in [-0.2, 0) is 12.8 Å². The van der Waals surface area contributed by atoms with Crippen molar-refractivity contribution >= 4 is 26.9 Å². The largest absolute Gasteiger partial charge is 0.460 e. The van der Waals surface area contributed by atoms with Crippen LogP contribution in [0.1, 0.15) is 24.2 Å². The second-order valence-electron chi connectivity index (χ2n) is 3.83. The predicted octanol–water partition coefficient (Wildman–Crippen LogP) is 4.07. The van der Waals surface area contributed by atoms with Gasteiger partial charge in [-0.15, -0.1) is 0 Å². The van der Waals surface area contributed by atoms with E-state index >= 15 is 0 Å². The highest BCUT2D eigenvalue weighted by atomic mass is 79.9. The molecule has 0 atom stereocenters. The number of hydrogen-bond donors (Lipinski definition) is 0. The molecule has 1 aliphatic rings. The molecule has 0 N–H and O–H groups in total. The minimum Gasteiger partial charge on any atom is -0.460 e. The van der Waals surface area contributed by atoms with Gasteiger partial charge in [0.25, 0.3) is 0 Å². The summed E-state index contributed by atoms with van der Waals surface area (Å²) in [5, 5.41) is 1.30. The van der Waals surface area contributed by atoms with Crippen LogP contribution in [0.15, 0.2) is 27.1 Å². The van der Waals surface area contributed by atoms with Crippen molar-refractivity contribution in [2.75, 3.05) is 0 Å². The first-order chi connectivity index (χ1) is 6.86. The van der Waals surface area contributed by atoms with Crippen LogP contribution < -0.4 is 0 Å². The maximum absolute atomic E-state index is 5.87. The Morgan fingerprint density at radius 2 is 2.00 bits per heavy atom. The van der Waals surface area contributed by atoms with Crippen LogP contribution in [0, 0.1) is 0 Å². The standard InChI is InChI=1S/C12H11BrO/c13-10-6-3-5-9-8-4-1-2-7-11(8)14-12(9)10/h3,5-6H,1-2,4,7H2. The zero-order chi connectivity index (χ0) is 9.54. The van der Waals surface area contributed by atoms with Gasteiger partial charge < -0.3 is 4.42 Å². The van der Waals surface area contributed by atoms with Gasteiger partial charge in [-0.2, -0.15) is 0 Å². The van der Waals surface area contributed by atoms with Crippen molar-refractivity contribution in [3.8, 4) is 0 Å². The molecular weight excluding hydrogens is 240 g/mol. The van der Waals surface area contributed by atoms with E-state index < -0.39 is 0 Å². The van der Waals surface area contributed by atoms with Crippen LogP contribution in [0.2, 0.25) is 0 Å². The van der Waals surface area contributed by atoms with E-state index in [1.54, 1.807) is 0 Å². The number of halogens is 1. The molecule has 72 valence electrons. The first-order valence-corrected chi connectivity index (χ1v) is 5.84. The van der Waals surface area contributed by atoms with Crippen LogP contribution in [0.25, 0.3) is 11.0 Å². The lowest BCUT2D eigenvalue weighted by atomic mass is 9.96. The van der Waals surface area contributed by atoms with Crippen molar-refractivity contribution in [2.45, 2.75) is 25.7 Å². The summed E-state index contributed by atoms with van der Waals surface area (Å²) in [6, 6.07) is 6.28. The minimum absolute atomic E-state index is 1.03. The number of rotatable bonds is 0. The maximum atomic E-state index is 5.87. The van der Waals surface area contributed by atoms with Gasteiger partial charge in [0.15, 0.2) is 0 Å². The highest BCUT2D eigenvalue weighted by molar-refractivity contribution is 9.10. The summed E-state index contributed by atoms with van der Waals surface area (Å²) < 4.78 is 6.95. The van der Waals surface area contributed by atoms with Crippen molar-refractivity contribution in [3.05, 3.63) is 34.0 Å². The van der Waals surface area contributed by atoms with Gasteiger partial charge in [0.1, 0.15) is 11.3 Å². The Bertz CT molecular complexity index is 484. The van der Waals surface area contributed by atoms with E-state index in [0.717, 1.165) is 16.5 Å². The number of hydrogen-bond acceptors (Lipinski definition) is 1. The molecule has 0 bridgehead atoms. The van der Waals surface area contributed by atoms with Crippen molar-refractivity contribution in [1.29, 1.82) is 0 Å². The fourth-order valence-corrected chi connectivity index (χ4v) is 2.70. The van der Waals surface area contributed by atoms with E-state index in [0.29, 0.717) is 0 Å². The van der Waals surface area contributed by atoms with Gasteiger partial charge in [0.2, 0.25) is 0 Å². The lowest BCUT2D eigenvalue weighted by molar-refractivity contribution is 0.505. The molecule has 1 aromatic carbocycles. The number of furan rings is 1. The molecule has 1 aliphatic carbocycles. The third-order valence-electron chi connectivity index (χ3n) is 2.93. The molecule has 0 fully saturated rings. The normalized spacial score (nSPS) is 15.8. The summed E-state index contributed by atoms with van der Waals surface area (Å²) in [5.41, 5.74) is 2.46. The van der Waals surface area contributed by atoms with Gasteiger partial charge in [0, 0.05) is 17.4 Å². The molecule has 0 spiro atoms. The zero-order valence-electron chi connectivity index (χ0n) is 7.85. The smallest absolute Gasteiger partial charge is 0.148 e. The molecule has 0 radical (unpaired) electrons. The molecule has 0 amide bonds. The Balaban J connectivity index is 2.36. The minimum atomic E-state index is 1.03. The van der Waals surface area contributed by atoms with Crippen LogP contribution >= 0.6 is 15.9 Å². The molecule has 0 saturated carbocycles. The van der Waals surface area contributed by atoms with E-state index in [2.05, 4.69) is 28.1 Å². The Morgan fingerprint density at radius 3 is 2.93 bits per heavy atom. The monoisotopic (exact) mass is 250 g/mol. The summed E-state index contributed by atoms with van der Waals surface area (Å²) in [7, 11) is 0. The predicted molar refractivity (Wildman–Crippen MR) is 60.6 cm³/mol. The summed E-state index contributed by atoms with van der Waals surface area (Å²) in [5.74, 6) is 1.21.